The number of aromatic nitrogens is 6. The van der Waals surface area contributed by atoms with Crippen molar-refractivity contribution in [1.29, 1.82) is 0 Å². The molecule has 0 amide bonds. The standard InChI is InChI=1S/C25H38N11O9P.ClH/c26-22-21-23(32-12-31-22)36(13-33-21)19-8-14(38)17(44-19)11-42-46(40,41)45-15-9-20(43-16(15)10-37)35-7-4-18(34-25(35)39)29-5-2-1-3-6-30-24(27)28;/h4,7,12-17,19-20,37-38H,1-3,5-6,8-11H2,(H,40,41)(H2,26,31,32)(H4,27,28,30)(H,29,34,39);1H/t14-,15-,16+,17+,19+,20+;/m0./s1. The predicted molar refractivity (Wildman–Crippen MR) is 169 cm³/mol. The predicted octanol–water partition coefficient (Wildman–Crippen LogP) is -0.627. The van der Waals surface area contributed by atoms with E-state index in [1.54, 1.807) is 10.6 Å². The van der Waals surface area contributed by atoms with Crippen molar-refractivity contribution in [2.45, 2.75) is 69.0 Å². The third-order valence-electron chi connectivity index (χ3n) is 7.51. The maximum absolute atomic E-state index is 12.9. The van der Waals surface area contributed by atoms with Gasteiger partial charge in [-0.15, -0.1) is 12.4 Å². The van der Waals surface area contributed by atoms with Crippen LogP contribution in [-0.2, 0) is 23.1 Å². The van der Waals surface area contributed by atoms with E-state index in [4.69, 9.17) is 35.7 Å². The summed E-state index contributed by atoms with van der Waals surface area (Å²) in [5, 5.41) is 23.5. The number of unbranched alkanes of at least 4 members (excludes halogenated alkanes) is 2. The first kappa shape index (κ1) is 36.4. The van der Waals surface area contributed by atoms with Crippen molar-refractivity contribution in [1.82, 2.24) is 29.1 Å². The molecule has 3 aromatic heterocycles. The van der Waals surface area contributed by atoms with Gasteiger partial charge >= 0.3 is 13.5 Å². The van der Waals surface area contributed by atoms with Gasteiger partial charge in [-0.3, -0.25) is 23.2 Å². The molecule has 260 valence electrons. The van der Waals surface area contributed by atoms with Gasteiger partial charge < -0.3 is 47.1 Å². The number of hydrogen-bond acceptors (Lipinski definition) is 15. The van der Waals surface area contributed by atoms with Gasteiger partial charge in [0.25, 0.3) is 0 Å². The number of nitrogens with two attached hydrogens (primary N) is 3. The van der Waals surface area contributed by atoms with Crippen molar-refractivity contribution in [2.24, 2.45) is 16.5 Å². The average Bonchev–Trinajstić information content (AvgIpc) is 3.72. The maximum Gasteiger partial charge on any atom is 0.472 e. The minimum atomic E-state index is -4.73. The van der Waals surface area contributed by atoms with Crippen LogP contribution in [0.25, 0.3) is 11.2 Å². The summed E-state index contributed by atoms with van der Waals surface area (Å²) < 4.78 is 37.7. The first-order chi connectivity index (χ1) is 22.0. The van der Waals surface area contributed by atoms with Gasteiger partial charge in [0.2, 0.25) is 0 Å². The van der Waals surface area contributed by atoms with Crippen molar-refractivity contribution in [3.05, 3.63) is 35.4 Å². The summed E-state index contributed by atoms with van der Waals surface area (Å²) in [6.07, 6.45) is 1.04. The lowest BCUT2D eigenvalue weighted by Gasteiger charge is -2.21. The molecule has 47 heavy (non-hydrogen) atoms. The Morgan fingerprint density at radius 2 is 1.89 bits per heavy atom. The number of guanidine groups is 1. The number of phosphoric ester groups is 1. The Balaban J connectivity index is 0.00000500. The van der Waals surface area contributed by atoms with Crippen LogP contribution in [0.5, 0.6) is 0 Å². The number of halogens is 1. The molecule has 2 saturated heterocycles. The molecule has 3 aromatic rings. The molecule has 0 aromatic carbocycles. The van der Waals surface area contributed by atoms with Crippen molar-refractivity contribution in [2.75, 3.05) is 37.4 Å². The van der Waals surface area contributed by atoms with E-state index < -0.39 is 63.6 Å². The molecular weight excluding hydrogens is 665 g/mol. The molecule has 0 spiro atoms. The highest BCUT2D eigenvalue weighted by molar-refractivity contribution is 7.47. The second kappa shape index (κ2) is 16.1. The fourth-order valence-electron chi connectivity index (χ4n) is 5.20. The first-order valence-electron chi connectivity index (χ1n) is 14.6. The summed E-state index contributed by atoms with van der Waals surface area (Å²) in [5.74, 6) is 0.625. The van der Waals surface area contributed by atoms with E-state index in [0.717, 1.165) is 19.3 Å². The molecule has 10 N–H and O–H groups in total. The highest BCUT2D eigenvalue weighted by Crippen LogP contribution is 2.49. The van der Waals surface area contributed by atoms with Gasteiger partial charge in [-0.25, -0.2) is 24.3 Å². The number of anilines is 2. The van der Waals surface area contributed by atoms with Gasteiger partial charge in [0.05, 0.1) is 25.6 Å². The number of nitrogens with one attached hydrogen (secondary N) is 1. The topological polar surface area (TPSA) is 296 Å². The average molecular weight is 704 g/mol. The third kappa shape index (κ3) is 9.12. The lowest BCUT2D eigenvalue weighted by molar-refractivity contribution is -0.0564. The summed E-state index contributed by atoms with van der Waals surface area (Å²) in [5.41, 5.74) is 16.6. The number of aliphatic hydroxyl groups is 2. The number of nitrogens with zero attached hydrogens (tertiary/aromatic N) is 7. The Bertz CT molecular complexity index is 1620. The van der Waals surface area contributed by atoms with Crippen LogP contribution in [-0.4, -0.2) is 101 Å². The summed E-state index contributed by atoms with van der Waals surface area (Å²) in [6.45, 7) is 0.0988. The number of phosphoric acid groups is 1. The Morgan fingerprint density at radius 1 is 1.13 bits per heavy atom. The molecule has 2 aliphatic rings. The summed E-state index contributed by atoms with van der Waals surface area (Å²) in [4.78, 5) is 43.4. The number of hydrogen-bond donors (Lipinski definition) is 7. The van der Waals surface area contributed by atoms with Gasteiger partial charge in [-0.05, 0) is 25.3 Å². The molecular formula is C25H39ClN11O9P. The van der Waals surface area contributed by atoms with Gasteiger partial charge in [0.1, 0.15) is 48.4 Å². The van der Waals surface area contributed by atoms with E-state index in [9.17, 15) is 24.5 Å². The summed E-state index contributed by atoms with van der Waals surface area (Å²) in [6, 6.07) is 1.60. The molecule has 7 atom stereocenters. The number of ether oxygens (including phenoxy) is 2. The lowest BCUT2D eigenvalue weighted by atomic mass is 10.2. The van der Waals surface area contributed by atoms with Gasteiger partial charge in [-0.1, -0.05) is 0 Å². The molecule has 2 aliphatic heterocycles. The van der Waals surface area contributed by atoms with E-state index >= 15 is 0 Å². The molecule has 0 aliphatic carbocycles. The SMILES string of the molecule is Cl.NC(N)=NCCCCCNc1ccn([C@H]2C[C@H](OP(=O)(O)OC[C@H]3O[C@@H](n4cnc5c(N)ncnc54)C[C@@H]3O)[C@@H](CO)O2)c(=O)n1. The zero-order chi connectivity index (χ0) is 32.8. The molecule has 5 rings (SSSR count). The van der Waals surface area contributed by atoms with E-state index in [1.165, 1.54) is 23.4 Å². The summed E-state index contributed by atoms with van der Waals surface area (Å²) in [7, 11) is -4.73. The molecule has 5 heterocycles. The van der Waals surface area contributed by atoms with E-state index in [2.05, 4.69) is 30.2 Å². The van der Waals surface area contributed by atoms with Crippen LogP contribution in [0.15, 0.2) is 34.7 Å². The zero-order valence-electron chi connectivity index (χ0n) is 25.1. The monoisotopic (exact) mass is 703 g/mol. The normalized spacial score (nSPS) is 25.3. The van der Waals surface area contributed by atoms with Crippen LogP contribution in [0.1, 0.15) is 44.6 Å². The van der Waals surface area contributed by atoms with Crippen molar-refractivity contribution in [3.8, 4) is 0 Å². The number of fused-ring (bicyclic) bond motifs is 1. The van der Waals surface area contributed by atoms with Crippen LogP contribution in [0.2, 0.25) is 0 Å². The Hall–Kier alpha value is -3.46. The molecule has 0 bridgehead atoms. The molecule has 1 unspecified atom stereocenters. The van der Waals surface area contributed by atoms with Crippen molar-refractivity contribution in [3.63, 3.8) is 0 Å². The number of rotatable bonds is 15. The number of imidazole rings is 1. The quantitative estimate of drug-likeness (QED) is 0.0449. The fraction of sp³-hybridized carbons (Fsp3) is 0.600. The molecule has 22 heteroatoms. The number of nitrogen functional groups attached to an aromatic ring is 1. The van der Waals surface area contributed by atoms with E-state index in [0.29, 0.717) is 30.1 Å². The Kier molecular flexibility index (Phi) is 12.5. The third-order valence-corrected chi connectivity index (χ3v) is 8.52. The smallest absolute Gasteiger partial charge is 0.394 e. The Labute approximate surface area is 274 Å². The van der Waals surface area contributed by atoms with Crippen molar-refractivity contribution < 1.29 is 38.2 Å². The first-order valence-corrected chi connectivity index (χ1v) is 16.1. The summed E-state index contributed by atoms with van der Waals surface area (Å²) >= 11 is 0. The molecule has 20 nitrogen and oxygen atoms in total. The van der Waals surface area contributed by atoms with Gasteiger partial charge in [0, 0.05) is 32.1 Å². The molecule has 0 radical (unpaired) electrons. The Morgan fingerprint density at radius 3 is 2.64 bits per heavy atom. The lowest BCUT2D eigenvalue weighted by Crippen LogP contribution is -2.29. The molecule has 0 saturated carbocycles. The second-order valence-corrected chi connectivity index (χ2v) is 12.2. The zero-order valence-corrected chi connectivity index (χ0v) is 26.9. The van der Waals surface area contributed by atoms with Crippen LogP contribution in [0, 0.1) is 0 Å². The largest absolute Gasteiger partial charge is 0.472 e. The number of aliphatic imine (C=N–C) groups is 1. The van der Waals surface area contributed by atoms with Crippen LogP contribution in [0.3, 0.4) is 0 Å². The number of aliphatic hydroxyl groups excluding tert-OH is 2. The van der Waals surface area contributed by atoms with Crippen LogP contribution >= 0.6 is 20.2 Å². The van der Waals surface area contributed by atoms with Crippen LogP contribution in [0.4, 0.5) is 11.6 Å². The minimum Gasteiger partial charge on any atom is -0.394 e. The minimum absolute atomic E-state index is 0. The molecule has 2 fully saturated rings. The highest BCUT2D eigenvalue weighted by atomic mass is 35.5. The van der Waals surface area contributed by atoms with Gasteiger partial charge in [-0.2, -0.15) is 4.98 Å². The second-order valence-electron chi connectivity index (χ2n) is 10.8. The van der Waals surface area contributed by atoms with E-state index in [1.807, 2.05) is 0 Å². The van der Waals surface area contributed by atoms with E-state index in [-0.39, 0.29) is 37.0 Å². The van der Waals surface area contributed by atoms with Gasteiger partial charge in [0.15, 0.2) is 17.4 Å². The maximum atomic E-state index is 12.9. The van der Waals surface area contributed by atoms with Crippen LogP contribution < -0.4 is 28.2 Å². The van der Waals surface area contributed by atoms with Crippen molar-refractivity contribution >= 4 is 49.0 Å². The fourth-order valence-corrected chi connectivity index (χ4v) is 6.16. The highest BCUT2D eigenvalue weighted by Gasteiger charge is 2.43.